The molecule has 0 radical (unpaired) electrons. The third-order valence-corrected chi connectivity index (χ3v) is 5.06. The summed E-state index contributed by atoms with van der Waals surface area (Å²) < 4.78 is 5.40. The third kappa shape index (κ3) is 3.36. The highest BCUT2D eigenvalue weighted by molar-refractivity contribution is 7.13. The number of hydrogen-bond acceptors (Lipinski definition) is 5. The van der Waals surface area contributed by atoms with Crippen LogP contribution in [0.15, 0.2) is 60.0 Å². The molecule has 1 aliphatic heterocycles. The minimum Gasteiger partial charge on any atom is -0.422 e. The van der Waals surface area contributed by atoms with Gasteiger partial charge in [0.05, 0.1) is 0 Å². The first-order valence-electron chi connectivity index (χ1n) is 8.34. The molecule has 3 aromatic rings. The monoisotopic (exact) mass is 364 g/mol. The maximum absolute atomic E-state index is 12.3. The summed E-state index contributed by atoms with van der Waals surface area (Å²) in [6.07, 6.45) is 1.47. The van der Waals surface area contributed by atoms with E-state index in [9.17, 15) is 9.59 Å². The van der Waals surface area contributed by atoms with Gasteiger partial charge in [-0.1, -0.05) is 30.3 Å². The van der Waals surface area contributed by atoms with Gasteiger partial charge in [0, 0.05) is 29.6 Å². The first kappa shape index (κ1) is 16.5. The Hall–Kier alpha value is -2.99. The van der Waals surface area contributed by atoms with Crippen LogP contribution in [-0.2, 0) is 4.79 Å². The van der Waals surface area contributed by atoms with Crippen LogP contribution in [0.1, 0.15) is 23.3 Å². The van der Waals surface area contributed by atoms with Gasteiger partial charge in [0.2, 0.25) is 5.91 Å². The summed E-state index contributed by atoms with van der Waals surface area (Å²) in [4.78, 5) is 30.2. The molecule has 1 saturated heterocycles. The number of hydrogen-bond donors (Lipinski definition) is 0. The smallest absolute Gasteiger partial charge is 0.363 e. The summed E-state index contributed by atoms with van der Waals surface area (Å²) in [6.45, 7) is 0.735. The van der Waals surface area contributed by atoms with Crippen LogP contribution < -0.4 is 9.64 Å². The van der Waals surface area contributed by atoms with Gasteiger partial charge in [0.15, 0.2) is 5.69 Å². The summed E-state index contributed by atoms with van der Waals surface area (Å²) in [5.74, 6) is 0.0683. The van der Waals surface area contributed by atoms with Gasteiger partial charge in [0.1, 0.15) is 10.8 Å². The molecular formula is C20H16N2O3S. The summed E-state index contributed by atoms with van der Waals surface area (Å²) in [5.41, 5.74) is 2.08. The lowest BCUT2D eigenvalue weighted by Gasteiger charge is -2.15. The van der Waals surface area contributed by atoms with E-state index in [1.54, 1.807) is 34.5 Å². The second-order valence-electron chi connectivity index (χ2n) is 5.94. The van der Waals surface area contributed by atoms with Gasteiger partial charge in [-0.25, -0.2) is 9.78 Å². The Labute approximate surface area is 154 Å². The second-order valence-corrected chi connectivity index (χ2v) is 6.79. The first-order valence-corrected chi connectivity index (χ1v) is 9.22. The van der Waals surface area contributed by atoms with Gasteiger partial charge < -0.3 is 9.64 Å². The van der Waals surface area contributed by atoms with Crippen molar-refractivity contribution < 1.29 is 14.3 Å². The van der Waals surface area contributed by atoms with E-state index in [4.69, 9.17) is 4.74 Å². The molecule has 0 spiro atoms. The highest BCUT2D eigenvalue weighted by Gasteiger charge is 2.21. The zero-order valence-corrected chi connectivity index (χ0v) is 14.7. The summed E-state index contributed by atoms with van der Waals surface area (Å²) in [7, 11) is 0. The van der Waals surface area contributed by atoms with Crippen molar-refractivity contribution in [3.8, 4) is 16.3 Å². The Bertz CT molecular complexity index is 935. The molecule has 0 aliphatic carbocycles. The van der Waals surface area contributed by atoms with Crippen LogP contribution in [0, 0.1) is 0 Å². The second kappa shape index (κ2) is 7.09. The van der Waals surface area contributed by atoms with Gasteiger partial charge in [-0.05, 0) is 30.7 Å². The molecule has 0 atom stereocenters. The first-order chi connectivity index (χ1) is 12.7. The Kier molecular flexibility index (Phi) is 4.50. The van der Waals surface area contributed by atoms with E-state index in [1.165, 1.54) is 11.3 Å². The van der Waals surface area contributed by atoms with Crippen molar-refractivity contribution in [1.82, 2.24) is 4.98 Å². The number of aromatic nitrogens is 1. The quantitative estimate of drug-likeness (QED) is 0.515. The lowest BCUT2D eigenvalue weighted by molar-refractivity contribution is -0.117. The summed E-state index contributed by atoms with van der Waals surface area (Å²) in [6, 6.07) is 16.7. The largest absolute Gasteiger partial charge is 0.422 e. The summed E-state index contributed by atoms with van der Waals surface area (Å²) in [5, 5.41) is 2.47. The van der Waals surface area contributed by atoms with Crippen LogP contribution in [0.5, 0.6) is 5.75 Å². The van der Waals surface area contributed by atoms with E-state index in [1.807, 2.05) is 30.3 Å². The molecule has 26 heavy (non-hydrogen) atoms. The number of thiazole rings is 1. The van der Waals surface area contributed by atoms with Crippen molar-refractivity contribution in [3.63, 3.8) is 0 Å². The average Bonchev–Trinajstić information content (AvgIpc) is 3.32. The fraction of sp³-hybridized carbons (Fsp3) is 0.150. The predicted molar refractivity (Wildman–Crippen MR) is 101 cm³/mol. The number of anilines is 1. The molecule has 0 saturated carbocycles. The van der Waals surface area contributed by atoms with Crippen molar-refractivity contribution in [1.29, 1.82) is 0 Å². The van der Waals surface area contributed by atoms with Gasteiger partial charge in [-0.3, -0.25) is 4.79 Å². The molecular weight excluding hydrogens is 348 g/mol. The number of rotatable bonds is 4. The zero-order valence-electron chi connectivity index (χ0n) is 13.9. The third-order valence-electron chi connectivity index (χ3n) is 4.17. The minimum atomic E-state index is -0.492. The molecule has 5 nitrogen and oxygen atoms in total. The van der Waals surface area contributed by atoms with E-state index in [-0.39, 0.29) is 11.6 Å². The fourth-order valence-corrected chi connectivity index (χ4v) is 3.65. The van der Waals surface area contributed by atoms with E-state index >= 15 is 0 Å². The minimum absolute atomic E-state index is 0.130. The molecule has 0 unspecified atom stereocenters. The van der Waals surface area contributed by atoms with Gasteiger partial charge in [0.25, 0.3) is 0 Å². The van der Waals surface area contributed by atoms with Crippen LogP contribution >= 0.6 is 11.3 Å². The lowest BCUT2D eigenvalue weighted by atomic mass is 10.2. The molecule has 4 rings (SSSR count). The maximum Gasteiger partial charge on any atom is 0.363 e. The number of amides is 1. The predicted octanol–water partition coefficient (Wildman–Crippen LogP) is 4.16. The molecule has 1 amide bonds. The van der Waals surface area contributed by atoms with E-state index in [0.29, 0.717) is 12.2 Å². The Morgan fingerprint density at radius 2 is 1.85 bits per heavy atom. The Balaban J connectivity index is 1.45. The van der Waals surface area contributed by atoms with Crippen LogP contribution in [0.25, 0.3) is 10.6 Å². The van der Waals surface area contributed by atoms with Crippen LogP contribution in [-0.4, -0.2) is 23.4 Å². The van der Waals surface area contributed by atoms with Crippen molar-refractivity contribution in [3.05, 3.63) is 65.7 Å². The zero-order chi connectivity index (χ0) is 17.9. The summed E-state index contributed by atoms with van der Waals surface area (Å²) >= 11 is 1.40. The number of esters is 1. The SMILES string of the molecule is O=C(Oc1ccc(N2CCCC2=O)cc1)c1csc(-c2ccccc2)n1. The van der Waals surface area contributed by atoms with E-state index in [0.717, 1.165) is 29.2 Å². The van der Waals surface area contributed by atoms with Crippen LogP contribution in [0.3, 0.4) is 0 Å². The van der Waals surface area contributed by atoms with E-state index < -0.39 is 5.97 Å². The highest BCUT2D eigenvalue weighted by Crippen LogP contribution is 2.26. The molecule has 1 fully saturated rings. The normalized spacial score (nSPS) is 13.8. The van der Waals surface area contributed by atoms with Gasteiger partial charge in [-0.2, -0.15) is 0 Å². The lowest BCUT2D eigenvalue weighted by Crippen LogP contribution is -2.23. The fourth-order valence-electron chi connectivity index (χ4n) is 2.86. The average molecular weight is 364 g/mol. The van der Waals surface area contributed by atoms with Crippen molar-refractivity contribution >= 4 is 28.9 Å². The number of benzene rings is 2. The number of ether oxygens (including phenoxy) is 1. The number of carbonyl (C=O) groups excluding carboxylic acids is 2. The maximum atomic E-state index is 12.3. The number of carbonyl (C=O) groups is 2. The van der Waals surface area contributed by atoms with Crippen molar-refractivity contribution in [2.75, 3.05) is 11.4 Å². The van der Waals surface area contributed by atoms with Crippen LogP contribution in [0.4, 0.5) is 5.69 Å². The Morgan fingerprint density at radius 1 is 1.08 bits per heavy atom. The van der Waals surface area contributed by atoms with Crippen LogP contribution in [0.2, 0.25) is 0 Å². The highest BCUT2D eigenvalue weighted by atomic mass is 32.1. The molecule has 0 bridgehead atoms. The molecule has 2 heterocycles. The molecule has 0 N–H and O–H groups in total. The van der Waals surface area contributed by atoms with E-state index in [2.05, 4.69) is 4.98 Å². The molecule has 1 aromatic heterocycles. The standard InChI is InChI=1S/C20H16N2O3S/c23-18-7-4-12-22(18)15-8-10-16(11-9-15)25-20(24)17-13-26-19(21-17)14-5-2-1-3-6-14/h1-3,5-6,8-11,13H,4,7,12H2. The van der Waals surface area contributed by atoms with Crippen molar-refractivity contribution in [2.45, 2.75) is 12.8 Å². The van der Waals surface area contributed by atoms with Gasteiger partial charge in [-0.15, -0.1) is 11.3 Å². The Morgan fingerprint density at radius 3 is 2.54 bits per heavy atom. The molecule has 6 heteroatoms. The van der Waals surface area contributed by atoms with Crippen molar-refractivity contribution in [2.24, 2.45) is 0 Å². The molecule has 2 aromatic carbocycles. The van der Waals surface area contributed by atoms with Gasteiger partial charge >= 0.3 is 5.97 Å². The molecule has 130 valence electrons. The topological polar surface area (TPSA) is 59.5 Å². The molecule has 1 aliphatic rings. The number of nitrogens with zero attached hydrogens (tertiary/aromatic N) is 2.